The molecule has 0 spiro atoms. The minimum atomic E-state index is -0.833. The normalized spacial score (nSPS) is 12.3. The molecule has 0 heterocycles. The summed E-state index contributed by atoms with van der Waals surface area (Å²) < 4.78 is 5.12. The van der Waals surface area contributed by atoms with Crippen molar-refractivity contribution in [3.63, 3.8) is 0 Å². The highest BCUT2D eigenvalue weighted by atomic mass is 16.6. The van der Waals surface area contributed by atoms with Gasteiger partial charge in [0.15, 0.2) is 5.78 Å². The van der Waals surface area contributed by atoms with Crippen LogP contribution in [0.15, 0.2) is 35.5 Å². The number of nitrogens with zero attached hydrogens (tertiary/aromatic N) is 1. The van der Waals surface area contributed by atoms with Gasteiger partial charge in [-0.15, -0.1) is 0 Å². The Morgan fingerprint density at radius 3 is 2.38 bits per heavy atom. The summed E-state index contributed by atoms with van der Waals surface area (Å²) in [6.45, 7) is 4.71. The van der Waals surface area contributed by atoms with Crippen molar-refractivity contribution in [2.75, 3.05) is 6.54 Å². The van der Waals surface area contributed by atoms with Crippen LogP contribution < -0.4 is 5.32 Å². The third-order valence-corrected chi connectivity index (χ3v) is 2.58. The first-order valence-electron chi connectivity index (χ1n) is 6.67. The van der Waals surface area contributed by atoms with Crippen LogP contribution in [0.2, 0.25) is 0 Å². The molecule has 1 rings (SSSR count). The summed E-state index contributed by atoms with van der Waals surface area (Å²) in [4.78, 5) is 33.9. The maximum Gasteiger partial charge on any atom is 0.408 e. The Labute approximate surface area is 123 Å². The quantitative estimate of drug-likeness (QED) is 0.816. The molecule has 1 atom stereocenters. The van der Waals surface area contributed by atoms with E-state index in [9.17, 15) is 14.5 Å². The zero-order valence-electron chi connectivity index (χ0n) is 12.5. The molecule has 114 valence electrons. The minimum absolute atomic E-state index is 0.286. The molecule has 0 bridgehead atoms. The van der Waals surface area contributed by atoms with Crippen molar-refractivity contribution in [2.24, 2.45) is 5.18 Å². The van der Waals surface area contributed by atoms with Gasteiger partial charge in [-0.25, -0.2) is 4.79 Å². The lowest BCUT2D eigenvalue weighted by Gasteiger charge is -2.22. The molecule has 6 heteroatoms. The number of nitrogens with one attached hydrogen (secondary N) is 1. The van der Waals surface area contributed by atoms with Crippen molar-refractivity contribution in [3.05, 3.63) is 40.8 Å². The monoisotopic (exact) mass is 292 g/mol. The molecule has 0 aliphatic rings. The maximum atomic E-state index is 11.9. The predicted octanol–water partition coefficient (Wildman–Crippen LogP) is 2.46. The fourth-order valence-corrected chi connectivity index (χ4v) is 1.72. The van der Waals surface area contributed by atoms with Gasteiger partial charge in [-0.1, -0.05) is 35.5 Å². The summed E-state index contributed by atoms with van der Waals surface area (Å²) in [5.41, 5.74) is 0.214. The molecule has 0 saturated carbocycles. The van der Waals surface area contributed by atoms with Crippen LogP contribution in [0, 0.1) is 4.91 Å². The molecule has 1 aromatic carbocycles. The molecule has 0 aliphatic heterocycles. The first kappa shape index (κ1) is 16.8. The highest BCUT2D eigenvalue weighted by Crippen LogP contribution is 2.09. The molecule has 1 N–H and O–H groups in total. The molecule has 1 aromatic rings. The second-order valence-corrected chi connectivity index (χ2v) is 5.64. The third kappa shape index (κ3) is 6.65. The third-order valence-electron chi connectivity index (χ3n) is 2.58. The molecule has 21 heavy (non-hydrogen) atoms. The summed E-state index contributed by atoms with van der Waals surface area (Å²) in [7, 11) is 0. The molecule has 0 aliphatic carbocycles. The number of hydrogen-bond donors (Lipinski definition) is 1. The van der Waals surface area contributed by atoms with Crippen LogP contribution in [0.1, 0.15) is 26.3 Å². The Morgan fingerprint density at radius 2 is 1.86 bits per heavy atom. The van der Waals surface area contributed by atoms with E-state index in [-0.39, 0.29) is 6.42 Å². The van der Waals surface area contributed by atoms with Gasteiger partial charge in [0.2, 0.25) is 0 Å². The topological polar surface area (TPSA) is 84.8 Å². The average Bonchev–Trinajstić information content (AvgIpc) is 2.37. The van der Waals surface area contributed by atoms with Gasteiger partial charge in [0.25, 0.3) is 0 Å². The molecular weight excluding hydrogens is 272 g/mol. The number of alkyl carbamates (subject to hydrolysis) is 1. The smallest absolute Gasteiger partial charge is 0.408 e. The lowest BCUT2D eigenvalue weighted by Crippen LogP contribution is -2.45. The second-order valence-electron chi connectivity index (χ2n) is 5.64. The SMILES string of the molecule is CC(C)(C)OC(=O)NC(Cc1ccccc1)C(=O)CN=O. The number of Topliss-reactive ketones (excluding diaryl/α,β-unsaturated/α-hetero) is 1. The number of rotatable bonds is 6. The van der Waals surface area contributed by atoms with Crippen molar-refractivity contribution in [2.45, 2.75) is 38.8 Å². The number of carbonyl (C=O) groups excluding carboxylic acids is 2. The Balaban J connectivity index is 2.75. The Hall–Kier alpha value is -2.24. The molecule has 0 aromatic heterocycles. The lowest BCUT2D eigenvalue weighted by atomic mass is 10.0. The Morgan fingerprint density at radius 1 is 1.24 bits per heavy atom. The second kappa shape index (κ2) is 7.52. The summed E-state index contributed by atoms with van der Waals surface area (Å²) >= 11 is 0. The fourth-order valence-electron chi connectivity index (χ4n) is 1.72. The van der Waals surface area contributed by atoms with Crippen molar-refractivity contribution in [3.8, 4) is 0 Å². The number of nitroso groups, excluding NO2 is 1. The summed E-state index contributed by atoms with van der Waals surface area (Å²) in [6.07, 6.45) is -0.406. The van der Waals surface area contributed by atoms with Crippen LogP contribution >= 0.6 is 0 Å². The van der Waals surface area contributed by atoms with Gasteiger partial charge in [0.05, 0.1) is 6.04 Å². The number of ketones is 1. The molecule has 1 amide bonds. The van der Waals surface area contributed by atoms with E-state index in [0.717, 1.165) is 5.56 Å². The van der Waals surface area contributed by atoms with Crippen molar-refractivity contribution in [1.82, 2.24) is 5.32 Å². The van der Waals surface area contributed by atoms with Gasteiger partial charge >= 0.3 is 6.09 Å². The number of ether oxygens (including phenoxy) is 1. The first-order chi connectivity index (χ1) is 9.81. The van der Waals surface area contributed by atoms with Crippen LogP contribution in [-0.2, 0) is 16.0 Å². The van der Waals surface area contributed by atoms with Crippen LogP contribution in [0.25, 0.3) is 0 Å². The van der Waals surface area contributed by atoms with Crippen LogP contribution in [-0.4, -0.2) is 30.1 Å². The van der Waals surface area contributed by atoms with E-state index in [4.69, 9.17) is 4.74 Å². The van der Waals surface area contributed by atoms with E-state index in [2.05, 4.69) is 10.5 Å². The van der Waals surface area contributed by atoms with Crippen molar-refractivity contribution < 1.29 is 14.3 Å². The van der Waals surface area contributed by atoms with Crippen LogP contribution in [0.3, 0.4) is 0 Å². The number of carbonyl (C=O) groups is 2. The standard InChI is InChI=1S/C15H20N2O4/c1-15(2,3)21-14(19)17-12(13(18)10-16-20)9-11-7-5-4-6-8-11/h4-8,12H,9-10H2,1-3H3,(H,17,19). The van der Waals surface area contributed by atoms with Gasteiger partial charge in [0, 0.05) is 0 Å². The van der Waals surface area contributed by atoms with E-state index in [1.54, 1.807) is 20.8 Å². The van der Waals surface area contributed by atoms with Crippen LogP contribution in [0.4, 0.5) is 4.79 Å². The Kier molecular flexibility index (Phi) is 6.02. The summed E-state index contributed by atoms with van der Waals surface area (Å²) in [5, 5.41) is 5.09. The van der Waals surface area contributed by atoms with Gasteiger partial charge in [0.1, 0.15) is 12.1 Å². The molecular formula is C15H20N2O4. The minimum Gasteiger partial charge on any atom is -0.444 e. The summed E-state index contributed by atoms with van der Waals surface area (Å²) in [5.74, 6) is -0.445. The first-order valence-corrected chi connectivity index (χ1v) is 6.67. The van der Waals surface area contributed by atoms with E-state index in [1.165, 1.54) is 0 Å². The Bertz CT molecular complexity index is 494. The van der Waals surface area contributed by atoms with Gasteiger partial charge in [-0.3, -0.25) is 4.79 Å². The predicted molar refractivity (Wildman–Crippen MR) is 79.0 cm³/mol. The maximum absolute atomic E-state index is 11.9. The zero-order chi connectivity index (χ0) is 15.9. The van der Waals surface area contributed by atoms with E-state index < -0.39 is 30.1 Å². The van der Waals surface area contributed by atoms with Crippen molar-refractivity contribution in [1.29, 1.82) is 0 Å². The number of benzene rings is 1. The highest BCUT2D eigenvalue weighted by molar-refractivity contribution is 5.89. The van der Waals surface area contributed by atoms with Crippen molar-refractivity contribution >= 4 is 11.9 Å². The molecule has 0 fully saturated rings. The highest BCUT2D eigenvalue weighted by Gasteiger charge is 2.24. The fraction of sp³-hybridized carbons (Fsp3) is 0.467. The largest absolute Gasteiger partial charge is 0.444 e. The van der Waals surface area contributed by atoms with Gasteiger partial charge in [-0.05, 0) is 32.8 Å². The average molecular weight is 292 g/mol. The van der Waals surface area contributed by atoms with E-state index >= 15 is 0 Å². The van der Waals surface area contributed by atoms with Crippen LogP contribution in [0.5, 0.6) is 0 Å². The molecule has 6 nitrogen and oxygen atoms in total. The van der Waals surface area contributed by atoms with Gasteiger partial charge in [-0.2, -0.15) is 4.91 Å². The number of amides is 1. The lowest BCUT2D eigenvalue weighted by molar-refractivity contribution is -0.119. The zero-order valence-corrected chi connectivity index (χ0v) is 12.5. The van der Waals surface area contributed by atoms with Gasteiger partial charge < -0.3 is 10.1 Å². The number of hydrogen-bond acceptors (Lipinski definition) is 5. The molecule has 1 unspecified atom stereocenters. The molecule has 0 radical (unpaired) electrons. The summed E-state index contributed by atoms with van der Waals surface area (Å²) in [6, 6.07) is 8.37. The van der Waals surface area contributed by atoms with E-state index in [0.29, 0.717) is 0 Å². The van der Waals surface area contributed by atoms with E-state index in [1.807, 2.05) is 30.3 Å². The molecule has 0 saturated heterocycles.